The van der Waals surface area contributed by atoms with Crippen molar-refractivity contribution in [1.29, 1.82) is 5.41 Å². The normalized spacial score (nSPS) is 27.4. The van der Waals surface area contributed by atoms with E-state index in [1.165, 1.54) is 0 Å². The molecule has 0 aromatic rings. The van der Waals surface area contributed by atoms with Crippen molar-refractivity contribution in [3.63, 3.8) is 0 Å². The smallest absolute Gasteiger partial charge is 0.212 e. The van der Waals surface area contributed by atoms with Crippen LogP contribution in [0.25, 0.3) is 0 Å². The first-order valence-corrected chi connectivity index (χ1v) is 8.85. The Hall–Kier alpha value is -0.660. The SMILES string of the molecule is CCC1CCC(NS(=O)(=O)CCCOC)(C(=N)N)CC1. The zero-order valence-electron chi connectivity index (χ0n) is 12.4. The molecule has 4 N–H and O–H groups in total. The number of sulfonamides is 1. The standard InChI is InChI=1S/C13H27N3O3S/c1-3-11-5-7-13(8-6-11,12(14)15)16-20(17,18)10-4-9-19-2/h11,16H,3-10H2,1-2H3,(H3,14,15). The van der Waals surface area contributed by atoms with Gasteiger partial charge in [0.2, 0.25) is 10.0 Å². The average Bonchev–Trinajstić information content (AvgIpc) is 2.39. The van der Waals surface area contributed by atoms with Crippen molar-refractivity contribution in [2.75, 3.05) is 19.5 Å². The maximum atomic E-state index is 12.1. The van der Waals surface area contributed by atoms with Gasteiger partial charge in [-0.3, -0.25) is 5.41 Å². The second-order valence-corrected chi connectivity index (χ2v) is 7.46. The van der Waals surface area contributed by atoms with E-state index in [1.54, 1.807) is 7.11 Å². The summed E-state index contributed by atoms with van der Waals surface area (Å²) < 4.78 is 31.8. The van der Waals surface area contributed by atoms with Gasteiger partial charge in [-0.25, -0.2) is 13.1 Å². The van der Waals surface area contributed by atoms with E-state index in [4.69, 9.17) is 15.9 Å². The second-order valence-electron chi connectivity index (χ2n) is 5.61. The molecule has 118 valence electrons. The summed E-state index contributed by atoms with van der Waals surface area (Å²) in [5.74, 6) is 0.551. The largest absolute Gasteiger partial charge is 0.386 e. The minimum absolute atomic E-state index is 0.00702. The molecule has 1 fully saturated rings. The van der Waals surface area contributed by atoms with Crippen LogP contribution in [0.15, 0.2) is 0 Å². The third-order valence-electron chi connectivity index (χ3n) is 4.16. The van der Waals surface area contributed by atoms with E-state index in [9.17, 15) is 8.42 Å². The number of ether oxygens (including phenoxy) is 1. The van der Waals surface area contributed by atoms with Crippen LogP contribution in [0.2, 0.25) is 0 Å². The first-order chi connectivity index (χ1) is 9.35. The molecule has 0 radical (unpaired) electrons. The maximum Gasteiger partial charge on any atom is 0.212 e. The van der Waals surface area contributed by atoms with E-state index in [-0.39, 0.29) is 11.6 Å². The molecule has 0 amide bonds. The van der Waals surface area contributed by atoms with Crippen LogP contribution in [-0.2, 0) is 14.8 Å². The van der Waals surface area contributed by atoms with Crippen LogP contribution in [-0.4, -0.2) is 39.3 Å². The molecular weight excluding hydrogens is 278 g/mol. The molecule has 1 saturated carbocycles. The van der Waals surface area contributed by atoms with Gasteiger partial charge >= 0.3 is 0 Å². The van der Waals surface area contributed by atoms with E-state index < -0.39 is 15.6 Å². The van der Waals surface area contributed by atoms with Gasteiger partial charge in [0.15, 0.2) is 0 Å². The summed E-state index contributed by atoms with van der Waals surface area (Å²) in [6.07, 6.45) is 4.59. The van der Waals surface area contributed by atoms with E-state index in [0.717, 1.165) is 19.3 Å². The molecule has 0 aromatic carbocycles. The Morgan fingerprint density at radius 3 is 2.50 bits per heavy atom. The molecule has 0 unspecified atom stereocenters. The van der Waals surface area contributed by atoms with Crippen LogP contribution >= 0.6 is 0 Å². The monoisotopic (exact) mass is 305 g/mol. The van der Waals surface area contributed by atoms with Crippen molar-refractivity contribution in [2.45, 2.75) is 51.0 Å². The molecular formula is C13H27N3O3S. The van der Waals surface area contributed by atoms with Gasteiger partial charge in [-0.05, 0) is 38.0 Å². The van der Waals surface area contributed by atoms with Crippen molar-refractivity contribution in [2.24, 2.45) is 11.7 Å². The molecule has 0 heterocycles. The van der Waals surface area contributed by atoms with E-state index in [2.05, 4.69) is 11.6 Å². The summed E-state index contributed by atoms with van der Waals surface area (Å²) in [5, 5.41) is 7.78. The number of nitrogens with two attached hydrogens (primary N) is 1. The summed E-state index contributed by atoms with van der Waals surface area (Å²) in [6.45, 7) is 2.55. The molecule has 20 heavy (non-hydrogen) atoms. The molecule has 7 heteroatoms. The Morgan fingerprint density at radius 1 is 1.45 bits per heavy atom. The lowest BCUT2D eigenvalue weighted by Crippen LogP contribution is -2.59. The lowest BCUT2D eigenvalue weighted by molar-refractivity contribution is 0.199. The fraction of sp³-hybridized carbons (Fsp3) is 0.923. The van der Waals surface area contributed by atoms with Crippen LogP contribution in [0, 0.1) is 11.3 Å². The van der Waals surface area contributed by atoms with Crippen molar-refractivity contribution in [1.82, 2.24) is 4.72 Å². The highest BCUT2D eigenvalue weighted by molar-refractivity contribution is 7.89. The topological polar surface area (TPSA) is 105 Å². The summed E-state index contributed by atoms with van der Waals surface area (Å²) in [4.78, 5) is 0. The van der Waals surface area contributed by atoms with Crippen molar-refractivity contribution in [3.8, 4) is 0 Å². The predicted octanol–water partition coefficient (Wildman–Crippen LogP) is 1.22. The summed E-state index contributed by atoms with van der Waals surface area (Å²) in [7, 11) is -1.89. The maximum absolute atomic E-state index is 12.1. The Labute approximate surface area is 122 Å². The lowest BCUT2D eigenvalue weighted by atomic mass is 9.75. The van der Waals surface area contributed by atoms with E-state index >= 15 is 0 Å². The van der Waals surface area contributed by atoms with Crippen molar-refractivity contribution in [3.05, 3.63) is 0 Å². The van der Waals surface area contributed by atoms with Gasteiger partial charge in [-0.2, -0.15) is 0 Å². The van der Waals surface area contributed by atoms with Gasteiger partial charge in [-0.1, -0.05) is 13.3 Å². The number of hydrogen-bond donors (Lipinski definition) is 3. The molecule has 0 aliphatic heterocycles. The van der Waals surface area contributed by atoms with Crippen molar-refractivity contribution >= 4 is 15.9 Å². The zero-order chi connectivity index (χ0) is 15.2. The number of amidine groups is 1. The molecule has 0 spiro atoms. The summed E-state index contributed by atoms with van der Waals surface area (Å²) in [6, 6.07) is 0. The van der Waals surface area contributed by atoms with Gasteiger partial charge < -0.3 is 10.5 Å². The molecule has 0 saturated heterocycles. The fourth-order valence-corrected chi connectivity index (χ4v) is 4.26. The Bertz CT molecular complexity index is 415. The minimum Gasteiger partial charge on any atom is -0.386 e. The third kappa shape index (κ3) is 4.71. The van der Waals surface area contributed by atoms with Crippen molar-refractivity contribution < 1.29 is 13.2 Å². The summed E-state index contributed by atoms with van der Waals surface area (Å²) in [5.41, 5.74) is 4.81. The molecule has 0 atom stereocenters. The second kappa shape index (κ2) is 7.38. The van der Waals surface area contributed by atoms with E-state index in [0.29, 0.717) is 31.8 Å². The Balaban J connectivity index is 2.70. The number of methoxy groups -OCH3 is 1. The first-order valence-electron chi connectivity index (χ1n) is 7.20. The molecule has 0 aromatic heterocycles. The van der Waals surface area contributed by atoms with Crippen LogP contribution in [0.1, 0.15) is 45.4 Å². The zero-order valence-corrected chi connectivity index (χ0v) is 13.3. The number of rotatable bonds is 8. The van der Waals surface area contributed by atoms with Gasteiger partial charge in [0.05, 0.1) is 11.3 Å². The lowest BCUT2D eigenvalue weighted by Gasteiger charge is -2.39. The molecule has 0 bridgehead atoms. The van der Waals surface area contributed by atoms with E-state index in [1.807, 2.05) is 0 Å². The van der Waals surface area contributed by atoms with Crippen LogP contribution in [0.3, 0.4) is 0 Å². The number of nitrogens with one attached hydrogen (secondary N) is 2. The first kappa shape index (κ1) is 17.4. The van der Waals surface area contributed by atoms with Gasteiger partial charge in [0, 0.05) is 13.7 Å². The quantitative estimate of drug-likeness (QED) is 0.356. The molecule has 6 nitrogen and oxygen atoms in total. The fourth-order valence-electron chi connectivity index (χ4n) is 2.75. The highest BCUT2D eigenvalue weighted by Gasteiger charge is 2.40. The number of hydrogen-bond acceptors (Lipinski definition) is 4. The Kier molecular flexibility index (Phi) is 6.42. The highest BCUT2D eigenvalue weighted by atomic mass is 32.2. The van der Waals surface area contributed by atoms with Gasteiger partial charge in [-0.15, -0.1) is 0 Å². The van der Waals surface area contributed by atoms with Gasteiger partial charge in [0.1, 0.15) is 5.84 Å². The van der Waals surface area contributed by atoms with Crippen LogP contribution < -0.4 is 10.5 Å². The average molecular weight is 305 g/mol. The van der Waals surface area contributed by atoms with Crippen LogP contribution in [0.4, 0.5) is 0 Å². The third-order valence-corrected chi connectivity index (χ3v) is 5.69. The minimum atomic E-state index is -3.43. The summed E-state index contributed by atoms with van der Waals surface area (Å²) >= 11 is 0. The predicted molar refractivity (Wildman–Crippen MR) is 80.3 cm³/mol. The van der Waals surface area contributed by atoms with Crippen LogP contribution in [0.5, 0.6) is 0 Å². The molecule has 1 rings (SSSR count). The molecule has 1 aliphatic carbocycles. The molecule has 1 aliphatic rings. The van der Waals surface area contributed by atoms with Gasteiger partial charge in [0.25, 0.3) is 0 Å². The Morgan fingerprint density at radius 2 is 2.05 bits per heavy atom. The highest BCUT2D eigenvalue weighted by Crippen LogP contribution is 2.34.